The maximum absolute atomic E-state index is 11.6. The monoisotopic (exact) mass is 279 g/mol. The Labute approximate surface area is 117 Å². The molecule has 1 aromatic rings. The third-order valence-corrected chi connectivity index (χ3v) is 3.51. The summed E-state index contributed by atoms with van der Waals surface area (Å²) in [6.45, 7) is 1.49. The molecule has 19 heavy (non-hydrogen) atoms. The molecule has 1 atom stereocenters. The topological polar surface area (TPSA) is 68.5 Å². The average Bonchev–Trinajstić information content (AvgIpc) is 2.46. The molecule has 0 radical (unpaired) electrons. The molecule has 0 amide bonds. The van der Waals surface area contributed by atoms with E-state index in [1.54, 1.807) is 6.20 Å². The van der Waals surface area contributed by atoms with Crippen LogP contribution >= 0.6 is 12.2 Å². The lowest BCUT2D eigenvalue weighted by Gasteiger charge is -2.33. The Hall–Kier alpha value is -1.69. The van der Waals surface area contributed by atoms with E-state index >= 15 is 0 Å². The molecule has 0 aromatic carbocycles. The number of methoxy groups -OCH3 is 1. The van der Waals surface area contributed by atoms with Gasteiger partial charge in [0.05, 0.1) is 18.7 Å². The predicted molar refractivity (Wildman–Crippen MR) is 77.1 cm³/mol. The van der Waals surface area contributed by atoms with E-state index in [1.807, 2.05) is 12.1 Å². The molecule has 1 unspecified atom stereocenters. The number of piperidine rings is 1. The summed E-state index contributed by atoms with van der Waals surface area (Å²) in [5, 5.41) is 0. The molecule has 0 bridgehead atoms. The number of rotatable bonds is 3. The fraction of sp³-hybridized carbons (Fsp3) is 0.462. The van der Waals surface area contributed by atoms with Gasteiger partial charge in [0.15, 0.2) is 0 Å². The first kappa shape index (κ1) is 13.7. The van der Waals surface area contributed by atoms with Gasteiger partial charge in [-0.15, -0.1) is 0 Å². The number of hydrogen-bond acceptors (Lipinski definition) is 5. The van der Waals surface area contributed by atoms with Gasteiger partial charge in [-0.05, 0) is 25.0 Å². The molecule has 0 saturated carbocycles. The fourth-order valence-electron chi connectivity index (χ4n) is 2.40. The number of aromatic nitrogens is 1. The molecule has 1 saturated heterocycles. The second-order valence-corrected chi connectivity index (χ2v) is 4.98. The van der Waals surface area contributed by atoms with Crippen molar-refractivity contribution in [3.8, 4) is 0 Å². The van der Waals surface area contributed by atoms with Crippen molar-refractivity contribution < 1.29 is 9.53 Å². The normalized spacial score (nSPS) is 19.0. The van der Waals surface area contributed by atoms with Crippen LogP contribution in [0.25, 0.3) is 0 Å². The Kier molecular flexibility index (Phi) is 4.31. The van der Waals surface area contributed by atoms with E-state index in [9.17, 15) is 4.79 Å². The Balaban J connectivity index is 2.22. The van der Waals surface area contributed by atoms with Crippen LogP contribution in [-0.4, -0.2) is 36.1 Å². The average molecular weight is 279 g/mol. The highest BCUT2D eigenvalue weighted by Gasteiger charge is 2.28. The van der Waals surface area contributed by atoms with E-state index in [-0.39, 0.29) is 16.9 Å². The lowest BCUT2D eigenvalue weighted by atomic mass is 9.97. The third-order valence-electron chi connectivity index (χ3n) is 3.32. The van der Waals surface area contributed by atoms with Gasteiger partial charge in [-0.1, -0.05) is 12.2 Å². The van der Waals surface area contributed by atoms with E-state index in [1.165, 1.54) is 7.11 Å². The number of carbonyl (C=O) groups excluding carboxylic acids is 1. The first-order chi connectivity index (χ1) is 9.13. The number of esters is 1. The largest absolute Gasteiger partial charge is 0.469 e. The quantitative estimate of drug-likeness (QED) is 0.660. The van der Waals surface area contributed by atoms with Gasteiger partial charge in [-0.3, -0.25) is 9.78 Å². The zero-order chi connectivity index (χ0) is 13.8. The minimum atomic E-state index is -0.162. The van der Waals surface area contributed by atoms with Gasteiger partial charge in [0, 0.05) is 19.3 Å². The van der Waals surface area contributed by atoms with E-state index in [4.69, 9.17) is 22.7 Å². The standard InChI is InChI=1S/C13H17N3O2S/c1-18-13(17)9-4-3-7-16(8-9)10-5-2-6-15-11(10)12(14)19/h2,5-6,9H,3-4,7-8H2,1H3,(H2,14,19). The molecule has 2 N–H and O–H groups in total. The minimum Gasteiger partial charge on any atom is -0.469 e. The van der Waals surface area contributed by atoms with Crippen LogP contribution in [0.5, 0.6) is 0 Å². The first-order valence-electron chi connectivity index (χ1n) is 6.21. The molecule has 5 nitrogen and oxygen atoms in total. The Morgan fingerprint density at radius 2 is 2.42 bits per heavy atom. The Bertz CT molecular complexity index is 493. The zero-order valence-corrected chi connectivity index (χ0v) is 11.7. The highest BCUT2D eigenvalue weighted by molar-refractivity contribution is 7.80. The van der Waals surface area contributed by atoms with Crippen LogP contribution in [0.3, 0.4) is 0 Å². The van der Waals surface area contributed by atoms with Crippen LogP contribution in [0, 0.1) is 5.92 Å². The summed E-state index contributed by atoms with van der Waals surface area (Å²) >= 11 is 5.02. The summed E-state index contributed by atoms with van der Waals surface area (Å²) in [4.78, 5) is 18.2. The van der Waals surface area contributed by atoms with Crippen molar-refractivity contribution in [2.24, 2.45) is 11.7 Å². The van der Waals surface area contributed by atoms with Crippen molar-refractivity contribution in [2.45, 2.75) is 12.8 Å². The number of nitrogens with two attached hydrogens (primary N) is 1. The van der Waals surface area contributed by atoms with E-state index in [2.05, 4.69) is 9.88 Å². The van der Waals surface area contributed by atoms with Crippen molar-refractivity contribution in [1.82, 2.24) is 4.98 Å². The molecule has 1 aliphatic rings. The smallest absolute Gasteiger partial charge is 0.310 e. The molecule has 6 heteroatoms. The Morgan fingerprint density at radius 3 is 3.11 bits per heavy atom. The number of anilines is 1. The van der Waals surface area contributed by atoms with Crippen LogP contribution in [0.15, 0.2) is 18.3 Å². The van der Waals surface area contributed by atoms with Gasteiger partial charge < -0.3 is 15.4 Å². The lowest BCUT2D eigenvalue weighted by molar-refractivity contribution is -0.145. The molecule has 1 fully saturated rings. The van der Waals surface area contributed by atoms with E-state index < -0.39 is 0 Å². The van der Waals surface area contributed by atoms with E-state index in [0.29, 0.717) is 12.2 Å². The van der Waals surface area contributed by atoms with Crippen LogP contribution in [0.1, 0.15) is 18.5 Å². The van der Waals surface area contributed by atoms with Gasteiger partial charge in [0.2, 0.25) is 0 Å². The van der Waals surface area contributed by atoms with Gasteiger partial charge in [-0.25, -0.2) is 0 Å². The minimum absolute atomic E-state index is 0.0989. The summed E-state index contributed by atoms with van der Waals surface area (Å²) in [5.74, 6) is -0.261. The number of nitrogens with zero attached hydrogens (tertiary/aromatic N) is 2. The molecular weight excluding hydrogens is 262 g/mol. The van der Waals surface area contributed by atoms with Crippen LogP contribution in [-0.2, 0) is 9.53 Å². The second kappa shape index (κ2) is 5.97. The van der Waals surface area contributed by atoms with Gasteiger partial charge in [0.1, 0.15) is 10.7 Å². The number of pyridine rings is 1. The summed E-state index contributed by atoms with van der Waals surface area (Å²) in [7, 11) is 1.42. The summed E-state index contributed by atoms with van der Waals surface area (Å²) < 4.78 is 4.82. The molecular formula is C13H17N3O2S. The molecule has 2 heterocycles. The highest BCUT2D eigenvalue weighted by Crippen LogP contribution is 2.25. The van der Waals surface area contributed by atoms with Gasteiger partial charge in [-0.2, -0.15) is 0 Å². The van der Waals surface area contributed by atoms with Crippen LogP contribution in [0.2, 0.25) is 0 Å². The SMILES string of the molecule is COC(=O)C1CCCN(c2cccnc2C(N)=S)C1. The van der Waals surface area contributed by atoms with E-state index in [0.717, 1.165) is 25.1 Å². The highest BCUT2D eigenvalue weighted by atomic mass is 32.1. The van der Waals surface area contributed by atoms with Crippen molar-refractivity contribution in [1.29, 1.82) is 0 Å². The second-order valence-electron chi connectivity index (χ2n) is 4.54. The summed E-state index contributed by atoms with van der Waals surface area (Å²) in [5.41, 5.74) is 7.20. The van der Waals surface area contributed by atoms with Crippen molar-refractivity contribution in [3.05, 3.63) is 24.0 Å². The molecule has 0 spiro atoms. The molecule has 102 valence electrons. The van der Waals surface area contributed by atoms with Crippen LogP contribution < -0.4 is 10.6 Å². The zero-order valence-electron chi connectivity index (χ0n) is 10.8. The molecule has 1 aromatic heterocycles. The lowest BCUT2D eigenvalue weighted by Crippen LogP contribution is -2.40. The van der Waals surface area contributed by atoms with Gasteiger partial charge >= 0.3 is 5.97 Å². The van der Waals surface area contributed by atoms with Crippen LogP contribution in [0.4, 0.5) is 5.69 Å². The van der Waals surface area contributed by atoms with Crippen molar-refractivity contribution in [3.63, 3.8) is 0 Å². The molecule has 0 aliphatic carbocycles. The number of thiocarbonyl (C=S) groups is 1. The maximum Gasteiger partial charge on any atom is 0.310 e. The summed E-state index contributed by atoms with van der Waals surface area (Å²) in [6, 6.07) is 3.78. The number of ether oxygens (including phenoxy) is 1. The fourth-order valence-corrected chi connectivity index (χ4v) is 2.55. The number of carbonyl (C=O) groups is 1. The molecule has 1 aliphatic heterocycles. The van der Waals surface area contributed by atoms with Crippen molar-refractivity contribution in [2.75, 3.05) is 25.1 Å². The van der Waals surface area contributed by atoms with Crippen molar-refractivity contribution >= 4 is 28.9 Å². The predicted octanol–water partition coefficient (Wildman–Crippen LogP) is 1.11. The first-order valence-corrected chi connectivity index (χ1v) is 6.62. The third kappa shape index (κ3) is 3.01. The van der Waals surface area contributed by atoms with Gasteiger partial charge in [0.25, 0.3) is 0 Å². The number of hydrogen-bond donors (Lipinski definition) is 1. The molecule has 2 rings (SSSR count). The maximum atomic E-state index is 11.6. The summed E-state index contributed by atoms with van der Waals surface area (Å²) in [6.07, 6.45) is 3.46. The Morgan fingerprint density at radius 1 is 1.63 bits per heavy atom.